The molecule has 0 fully saturated rings. The minimum Gasteiger partial charge on any atom is -0.493 e. The van der Waals surface area contributed by atoms with Crippen LogP contribution in [0.2, 0.25) is 5.02 Å². The number of aliphatic hydroxyl groups is 1. The molecule has 0 saturated carbocycles. The predicted molar refractivity (Wildman–Crippen MR) is 65.9 cm³/mol. The summed E-state index contributed by atoms with van der Waals surface area (Å²) in [6, 6.07) is 5.41. The molecule has 0 heterocycles. The minimum absolute atomic E-state index is 0.0858. The summed E-state index contributed by atoms with van der Waals surface area (Å²) in [4.78, 5) is 0. The van der Waals surface area contributed by atoms with E-state index in [1.165, 1.54) is 0 Å². The Bertz CT molecular complexity index is 305. The molecule has 0 radical (unpaired) electrons. The fourth-order valence-electron chi connectivity index (χ4n) is 1.21. The molecule has 0 saturated heterocycles. The van der Waals surface area contributed by atoms with Gasteiger partial charge >= 0.3 is 0 Å². The Morgan fingerprint density at radius 3 is 2.93 bits per heavy atom. The van der Waals surface area contributed by atoms with E-state index in [9.17, 15) is 0 Å². The van der Waals surface area contributed by atoms with Crippen molar-refractivity contribution >= 4 is 23.4 Å². The molecule has 15 heavy (non-hydrogen) atoms. The van der Waals surface area contributed by atoms with Gasteiger partial charge in [-0.25, -0.2) is 0 Å². The summed E-state index contributed by atoms with van der Waals surface area (Å²) < 4.78 is 5.55. The van der Waals surface area contributed by atoms with Crippen molar-refractivity contribution < 1.29 is 9.84 Å². The molecular formula is C11H15ClO2S. The third-order valence-corrected chi connectivity index (χ3v) is 3.04. The Hall–Kier alpha value is -0.380. The van der Waals surface area contributed by atoms with Crippen LogP contribution < -0.4 is 4.74 Å². The Labute approximate surface area is 99.6 Å². The number of halogens is 1. The molecule has 0 aliphatic carbocycles. The van der Waals surface area contributed by atoms with Gasteiger partial charge in [-0.2, -0.15) is 11.8 Å². The zero-order chi connectivity index (χ0) is 11.1. The lowest BCUT2D eigenvalue weighted by Gasteiger charge is -2.10. The molecule has 84 valence electrons. The van der Waals surface area contributed by atoms with Crippen molar-refractivity contribution in [2.75, 3.05) is 18.6 Å². The summed E-state index contributed by atoms with van der Waals surface area (Å²) in [5.74, 6) is 1.76. The molecule has 0 aliphatic heterocycles. The zero-order valence-corrected chi connectivity index (χ0v) is 10.3. The molecular weight excluding hydrogens is 232 g/mol. The Morgan fingerprint density at radius 2 is 2.27 bits per heavy atom. The van der Waals surface area contributed by atoms with E-state index in [2.05, 4.69) is 6.26 Å². The first-order valence-electron chi connectivity index (χ1n) is 4.79. The Morgan fingerprint density at radius 1 is 1.47 bits per heavy atom. The van der Waals surface area contributed by atoms with Crippen LogP contribution in [0, 0.1) is 0 Å². The SMILES string of the molecule is CSCCCOc1cccc(Cl)c1CO. The molecule has 4 heteroatoms. The highest BCUT2D eigenvalue weighted by molar-refractivity contribution is 7.98. The van der Waals surface area contributed by atoms with Gasteiger partial charge in [-0.1, -0.05) is 17.7 Å². The lowest BCUT2D eigenvalue weighted by Crippen LogP contribution is -2.01. The van der Waals surface area contributed by atoms with Gasteiger partial charge in [0.25, 0.3) is 0 Å². The van der Waals surface area contributed by atoms with Crippen LogP contribution in [-0.2, 0) is 6.61 Å². The number of ether oxygens (including phenoxy) is 1. The molecule has 1 N–H and O–H groups in total. The van der Waals surface area contributed by atoms with E-state index in [0.29, 0.717) is 22.9 Å². The van der Waals surface area contributed by atoms with Gasteiger partial charge in [0, 0.05) is 10.6 Å². The molecule has 0 atom stereocenters. The summed E-state index contributed by atoms with van der Waals surface area (Å²) in [6.45, 7) is 0.575. The Balaban J connectivity index is 2.56. The highest BCUT2D eigenvalue weighted by atomic mass is 35.5. The van der Waals surface area contributed by atoms with Gasteiger partial charge in [-0.3, -0.25) is 0 Å². The van der Waals surface area contributed by atoms with Crippen molar-refractivity contribution in [1.82, 2.24) is 0 Å². The number of hydrogen-bond donors (Lipinski definition) is 1. The molecule has 0 spiro atoms. The van der Waals surface area contributed by atoms with E-state index < -0.39 is 0 Å². The van der Waals surface area contributed by atoms with Crippen LogP contribution in [0.25, 0.3) is 0 Å². The Kier molecular flexibility index (Phi) is 5.91. The third kappa shape index (κ3) is 3.93. The predicted octanol–water partition coefficient (Wildman–Crippen LogP) is 2.96. The summed E-state index contributed by atoms with van der Waals surface area (Å²) >= 11 is 7.72. The van der Waals surface area contributed by atoms with E-state index in [1.807, 2.05) is 12.1 Å². The molecule has 0 bridgehead atoms. The number of benzene rings is 1. The second-order valence-corrected chi connectivity index (χ2v) is 4.46. The van der Waals surface area contributed by atoms with Gasteiger partial charge in [-0.15, -0.1) is 0 Å². The topological polar surface area (TPSA) is 29.5 Å². The minimum atomic E-state index is -0.0858. The molecule has 0 amide bonds. The second kappa shape index (κ2) is 6.99. The second-order valence-electron chi connectivity index (χ2n) is 3.07. The number of aliphatic hydroxyl groups excluding tert-OH is 1. The van der Waals surface area contributed by atoms with Gasteiger partial charge in [-0.05, 0) is 30.6 Å². The summed E-state index contributed by atoms with van der Waals surface area (Å²) in [6.07, 6.45) is 3.07. The maximum absolute atomic E-state index is 9.13. The van der Waals surface area contributed by atoms with Crippen molar-refractivity contribution in [2.24, 2.45) is 0 Å². The maximum Gasteiger partial charge on any atom is 0.126 e. The first-order chi connectivity index (χ1) is 7.29. The first-order valence-corrected chi connectivity index (χ1v) is 6.56. The smallest absolute Gasteiger partial charge is 0.126 e. The number of rotatable bonds is 6. The van der Waals surface area contributed by atoms with E-state index in [1.54, 1.807) is 17.8 Å². The summed E-state index contributed by atoms with van der Waals surface area (Å²) in [7, 11) is 0. The maximum atomic E-state index is 9.13. The lowest BCUT2D eigenvalue weighted by molar-refractivity contribution is 0.263. The van der Waals surface area contributed by atoms with E-state index in [0.717, 1.165) is 12.2 Å². The average molecular weight is 247 g/mol. The van der Waals surface area contributed by atoms with Gasteiger partial charge in [0.2, 0.25) is 0 Å². The van der Waals surface area contributed by atoms with E-state index in [-0.39, 0.29) is 6.61 Å². The van der Waals surface area contributed by atoms with Crippen LogP contribution in [0.4, 0.5) is 0 Å². The standard InChI is InChI=1S/C11H15ClO2S/c1-15-7-3-6-14-11-5-2-4-10(12)9(11)8-13/h2,4-5,13H,3,6-8H2,1H3. The normalized spacial score (nSPS) is 10.3. The van der Waals surface area contributed by atoms with Crippen molar-refractivity contribution in [3.05, 3.63) is 28.8 Å². The number of thioether (sulfide) groups is 1. The van der Waals surface area contributed by atoms with Crippen LogP contribution in [-0.4, -0.2) is 23.7 Å². The van der Waals surface area contributed by atoms with Gasteiger partial charge in [0.05, 0.1) is 13.2 Å². The molecule has 1 rings (SSSR count). The van der Waals surface area contributed by atoms with Gasteiger partial charge < -0.3 is 9.84 Å². The van der Waals surface area contributed by atoms with Gasteiger partial charge in [0.1, 0.15) is 5.75 Å². The van der Waals surface area contributed by atoms with E-state index >= 15 is 0 Å². The fourth-order valence-corrected chi connectivity index (χ4v) is 1.85. The monoisotopic (exact) mass is 246 g/mol. The van der Waals surface area contributed by atoms with Crippen LogP contribution in [0.15, 0.2) is 18.2 Å². The molecule has 2 nitrogen and oxygen atoms in total. The van der Waals surface area contributed by atoms with Crippen molar-refractivity contribution in [2.45, 2.75) is 13.0 Å². The zero-order valence-electron chi connectivity index (χ0n) is 8.70. The molecule has 1 aromatic rings. The molecule has 0 unspecified atom stereocenters. The van der Waals surface area contributed by atoms with E-state index in [4.69, 9.17) is 21.4 Å². The lowest BCUT2D eigenvalue weighted by atomic mass is 10.2. The summed E-state index contributed by atoms with van der Waals surface area (Å²) in [5, 5.41) is 9.69. The van der Waals surface area contributed by atoms with Crippen LogP contribution >= 0.6 is 23.4 Å². The molecule has 1 aromatic carbocycles. The van der Waals surface area contributed by atoms with Crippen molar-refractivity contribution in [3.63, 3.8) is 0 Å². The fraction of sp³-hybridized carbons (Fsp3) is 0.455. The number of hydrogen-bond acceptors (Lipinski definition) is 3. The van der Waals surface area contributed by atoms with Gasteiger partial charge in [0.15, 0.2) is 0 Å². The first kappa shape index (κ1) is 12.7. The quantitative estimate of drug-likeness (QED) is 0.783. The van der Waals surface area contributed by atoms with Crippen molar-refractivity contribution in [3.8, 4) is 5.75 Å². The molecule has 0 aromatic heterocycles. The largest absolute Gasteiger partial charge is 0.493 e. The third-order valence-electron chi connectivity index (χ3n) is 1.98. The van der Waals surface area contributed by atoms with Crippen molar-refractivity contribution in [1.29, 1.82) is 0 Å². The van der Waals surface area contributed by atoms with Crippen LogP contribution in [0.3, 0.4) is 0 Å². The van der Waals surface area contributed by atoms with Crippen LogP contribution in [0.5, 0.6) is 5.75 Å². The average Bonchev–Trinajstić information content (AvgIpc) is 2.24. The van der Waals surface area contributed by atoms with Crippen LogP contribution in [0.1, 0.15) is 12.0 Å². The summed E-state index contributed by atoms with van der Waals surface area (Å²) in [5.41, 5.74) is 0.670. The highest BCUT2D eigenvalue weighted by Gasteiger charge is 2.06. The molecule has 0 aliphatic rings. The highest BCUT2D eigenvalue weighted by Crippen LogP contribution is 2.26.